The lowest BCUT2D eigenvalue weighted by atomic mass is 9.86. The normalized spacial score (nSPS) is 23.4. The molecule has 3 rings (SSSR count). The molecule has 0 radical (unpaired) electrons. The third kappa shape index (κ3) is 2.53. The molecule has 0 aliphatic heterocycles. The Balaban J connectivity index is 1.77. The lowest BCUT2D eigenvalue weighted by Gasteiger charge is -2.27. The molecule has 100 valence electrons. The van der Waals surface area contributed by atoms with Gasteiger partial charge >= 0.3 is 5.97 Å². The van der Waals surface area contributed by atoms with Crippen molar-refractivity contribution in [2.24, 2.45) is 5.92 Å². The number of nitrogens with zero attached hydrogens (tertiary/aromatic N) is 2. The van der Waals surface area contributed by atoms with Crippen molar-refractivity contribution in [2.75, 3.05) is 5.32 Å². The van der Waals surface area contributed by atoms with Crippen molar-refractivity contribution in [3.63, 3.8) is 0 Å². The van der Waals surface area contributed by atoms with Gasteiger partial charge in [-0.25, -0.2) is 9.97 Å². The quantitative estimate of drug-likeness (QED) is 0.902. The highest BCUT2D eigenvalue weighted by Gasteiger charge is 2.27. The van der Waals surface area contributed by atoms with E-state index in [-0.39, 0.29) is 12.0 Å². The summed E-state index contributed by atoms with van der Waals surface area (Å²) < 4.78 is 0. The van der Waals surface area contributed by atoms with Crippen LogP contribution in [-0.4, -0.2) is 27.1 Å². The monoisotopic (exact) mass is 277 g/mol. The first-order valence-electron chi connectivity index (χ1n) is 6.41. The fourth-order valence-corrected chi connectivity index (χ4v) is 3.38. The van der Waals surface area contributed by atoms with E-state index in [2.05, 4.69) is 15.3 Å². The second-order valence-electron chi connectivity index (χ2n) is 4.90. The molecule has 0 amide bonds. The van der Waals surface area contributed by atoms with Gasteiger partial charge in [-0.3, -0.25) is 4.79 Å². The van der Waals surface area contributed by atoms with Crippen molar-refractivity contribution in [3.05, 3.63) is 17.8 Å². The first-order chi connectivity index (χ1) is 9.24. The minimum atomic E-state index is -0.685. The van der Waals surface area contributed by atoms with E-state index in [0.29, 0.717) is 6.42 Å². The van der Waals surface area contributed by atoms with Gasteiger partial charge in [-0.1, -0.05) is 6.42 Å². The number of rotatable bonds is 3. The number of carboxylic acids is 1. The van der Waals surface area contributed by atoms with Gasteiger partial charge in [0.15, 0.2) is 0 Å². The van der Waals surface area contributed by atoms with Gasteiger partial charge in [0.1, 0.15) is 17.0 Å². The van der Waals surface area contributed by atoms with Crippen LogP contribution < -0.4 is 5.32 Å². The van der Waals surface area contributed by atoms with E-state index in [1.54, 1.807) is 17.7 Å². The second-order valence-corrected chi connectivity index (χ2v) is 5.80. The molecule has 2 aromatic rings. The van der Waals surface area contributed by atoms with Crippen LogP contribution in [0.1, 0.15) is 25.7 Å². The highest BCUT2D eigenvalue weighted by atomic mass is 32.1. The third-order valence-corrected chi connectivity index (χ3v) is 4.45. The molecule has 1 fully saturated rings. The van der Waals surface area contributed by atoms with Gasteiger partial charge < -0.3 is 10.4 Å². The Morgan fingerprint density at radius 2 is 2.32 bits per heavy atom. The molecule has 2 atom stereocenters. The van der Waals surface area contributed by atoms with E-state index in [9.17, 15) is 4.79 Å². The van der Waals surface area contributed by atoms with Crippen LogP contribution in [0.3, 0.4) is 0 Å². The average molecular weight is 277 g/mol. The maximum absolute atomic E-state index is 11.1. The molecule has 1 aliphatic carbocycles. The van der Waals surface area contributed by atoms with Crippen molar-refractivity contribution in [2.45, 2.75) is 31.7 Å². The standard InChI is InChI=1S/C13H15N3O2S/c17-13(18)8-2-1-3-9(6-8)16-11-10-4-5-19-12(10)15-7-14-11/h4-5,7-9H,1-3,6H2,(H,17,18)(H,14,15,16). The van der Waals surface area contributed by atoms with Crippen LogP contribution in [0.4, 0.5) is 5.82 Å². The SMILES string of the molecule is O=C(O)C1CCCC(Nc2ncnc3sccc23)C1. The second kappa shape index (κ2) is 5.13. The molecule has 19 heavy (non-hydrogen) atoms. The highest BCUT2D eigenvalue weighted by Crippen LogP contribution is 2.29. The molecule has 6 heteroatoms. The summed E-state index contributed by atoms with van der Waals surface area (Å²) in [7, 11) is 0. The van der Waals surface area contributed by atoms with Crippen LogP contribution in [-0.2, 0) is 4.79 Å². The molecule has 0 saturated heterocycles. The Labute approximate surface area is 114 Å². The first kappa shape index (κ1) is 12.3. The fraction of sp³-hybridized carbons (Fsp3) is 0.462. The van der Waals surface area contributed by atoms with Crippen LogP contribution in [0.25, 0.3) is 10.2 Å². The molecule has 0 spiro atoms. The molecular weight excluding hydrogens is 262 g/mol. The van der Waals surface area contributed by atoms with Crippen molar-refractivity contribution >= 4 is 33.3 Å². The minimum Gasteiger partial charge on any atom is -0.481 e. The molecular formula is C13H15N3O2S. The summed E-state index contributed by atoms with van der Waals surface area (Å²) >= 11 is 1.58. The Kier molecular flexibility index (Phi) is 3.33. The van der Waals surface area contributed by atoms with Crippen molar-refractivity contribution in [3.8, 4) is 0 Å². The van der Waals surface area contributed by atoms with Gasteiger partial charge in [-0.05, 0) is 30.7 Å². The summed E-state index contributed by atoms with van der Waals surface area (Å²) in [5.41, 5.74) is 0. The Morgan fingerprint density at radius 3 is 3.16 bits per heavy atom. The minimum absolute atomic E-state index is 0.188. The van der Waals surface area contributed by atoms with Gasteiger partial charge in [-0.15, -0.1) is 11.3 Å². The predicted octanol–water partition coefficient (Wildman–Crippen LogP) is 2.75. The van der Waals surface area contributed by atoms with Crippen LogP contribution >= 0.6 is 11.3 Å². The van der Waals surface area contributed by atoms with E-state index in [1.165, 1.54) is 0 Å². The van der Waals surface area contributed by atoms with Gasteiger partial charge in [0.2, 0.25) is 0 Å². The number of aliphatic carboxylic acids is 1. The molecule has 5 nitrogen and oxygen atoms in total. The van der Waals surface area contributed by atoms with E-state index >= 15 is 0 Å². The number of fused-ring (bicyclic) bond motifs is 1. The fourth-order valence-electron chi connectivity index (χ4n) is 2.64. The van der Waals surface area contributed by atoms with Crippen molar-refractivity contribution < 1.29 is 9.90 Å². The maximum Gasteiger partial charge on any atom is 0.306 e. The van der Waals surface area contributed by atoms with Gasteiger partial charge in [0, 0.05) is 6.04 Å². The lowest BCUT2D eigenvalue weighted by molar-refractivity contribution is -0.142. The van der Waals surface area contributed by atoms with Gasteiger partial charge in [-0.2, -0.15) is 0 Å². The van der Waals surface area contributed by atoms with E-state index in [1.807, 2.05) is 11.4 Å². The Hall–Kier alpha value is -1.69. The molecule has 1 saturated carbocycles. The molecule has 2 heterocycles. The van der Waals surface area contributed by atoms with E-state index in [0.717, 1.165) is 35.3 Å². The molecule has 0 bridgehead atoms. The zero-order chi connectivity index (χ0) is 13.2. The number of carbonyl (C=O) groups is 1. The molecule has 2 aromatic heterocycles. The van der Waals surface area contributed by atoms with Crippen LogP contribution in [0.5, 0.6) is 0 Å². The number of carboxylic acid groups (broad SMARTS) is 1. The van der Waals surface area contributed by atoms with Crippen molar-refractivity contribution in [1.82, 2.24) is 9.97 Å². The summed E-state index contributed by atoms with van der Waals surface area (Å²) in [5.74, 6) is -0.0943. The molecule has 2 unspecified atom stereocenters. The smallest absolute Gasteiger partial charge is 0.306 e. The maximum atomic E-state index is 11.1. The lowest BCUT2D eigenvalue weighted by Crippen LogP contribution is -2.31. The number of thiophene rings is 1. The number of hydrogen-bond donors (Lipinski definition) is 2. The topological polar surface area (TPSA) is 75.1 Å². The highest BCUT2D eigenvalue weighted by molar-refractivity contribution is 7.16. The van der Waals surface area contributed by atoms with E-state index in [4.69, 9.17) is 5.11 Å². The summed E-state index contributed by atoms with van der Waals surface area (Å²) in [6.07, 6.45) is 4.96. The van der Waals surface area contributed by atoms with Crippen LogP contribution in [0.2, 0.25) is 0 Å². The Morgan fingerprint density at radius 1 is 1.42 bits per heavy atom. The van der Waals surface area contributed by atoms with Crippen LogP contribution in [0.15, 0.2) is 17.8 Å². The summed E-state index contributed by atoms with van der Waals surface area (Å²) in [5, 5.41) is 15.5. The zero-order valence-corrected chi connectivity index (χ0v) is 11.2. The van der Waals surface area contributed by atoms with Crippen LogP contribution in [0, 0.1) is 5.92 Å². The molecule has 1 aliphatic rings. The molecule has 2 N–H and O–H groups in total. The van der Waals surface area contributed by atoms with E-state index < -0.39 is 5.97 Å². The Bertz CT molecular complexity index is 598. The van der Waals surface area contributed by atoms with Gasteiger partial charge in [0.05, 0.1) is 11.3 Å². The summed E-state index contributed by atoms with van der Waals surface area (Å²) in [6, 6.07) is 2.19. The number of anilines is 1. The number of nitrogens with one attached hydrogen (secondary N) is 1. The molecule has 0 aromatic carbocycles. The summed E-state index contributed by atoms with van der Waals surface area (Å²) in [6.45, 7) is 0. The number of hydrogen-bond acceptors (Lipinski definition) is 5. The van der Waals surface area contributed by atoms with Crippen molar-refractivity contribution in [1.29, 1.82) is 0 Å². The average Bonchev–Trinajstić information content (AvgIpc) is 2.88. The van der Waals surface area contributed by atoms with Gasteiger partial charge in [0.25, 0.3) is 0 Å². The summed E-state index contributed by atoms with van der Waals surface area (Å²) in [4.78, 5) is 20.5. The zero-order valence-electron chi connectivity index (χ0n) is 10.4. The third-order valence-electron chi connectivity index (χ3n) is 3.63. The predicted molar refractivity (Wildman–Crippen MR) is 74.4 cm³/mol. The largest absolute Gasteiger partial charge is 0.481 e. The first-order valence-corrected chi connectivity index (χ1v) is 7.29. The number of aromatic nitrogens is 2.